The number of amides is 2. The van der Waals surface area contributed by atoms with E-state index in [0.29, 0.717) is 6.54 Å². The van der Waals surface area contributed by atoms with Crippen LogP contribution in [0.3, 0.4) is 0 Å². The molecule has 0 unspecified atom stereocenters. The highest BCUT2D eigenvalue weighted by Crippen LogP contribution is 2.47. The number of thioether (sulfide) groups is 1. The molecule has 0 saturated heterocycles. The molecule has 2 aromatic carbocycles. The number of rotatable bonds is 4. The number of urea groups is 1. The Morgan fingerprint density at radius 2 is 1.62 bits per heavy atom. The first kappa shape index (κ1) is 17.8. The monoisotopic (exact) mass is 384 g/mol. The van der Waals surface area contributed by atoms with Gasteiger partial charge in [0.05, 0.1) is 11.4 Å². The lowest BCUT2D eigenvalue weighted by Gasteiger charge is -2.31. The van der Waals surface area contributed by atoms with Crippen molar-refractivity contribution in [3.05, 3.63) is 48.5 Å². The maximum absolute atomic E-state index is 13.0. The Balaban J connectivity index is 1.42. The van der Waals surface area contributed by atoms with Crippen LogP contribution in [0.5, 0.6) is 0 Å². The number of para-hydroxylation sites is 2. The lowest BCUT2D eigenvalue weighted by Crippen LogP contribution is -2.39. The molecule has 1 N–H and O–H groups in total. The van der Waals surface area contributed by atoms with Gasteiger partial charge >= 0.3 is 6.03 Å². The van der Waals surface area contributed by atoms with Gasteiger partial charge in [-0.3, -0.25) is 4.90 Å². The van der Waals surface area contributed by atoms with Gasteiger partial charge in [-0.05, 0) is 37.1 Å². The molecule has 2 aliphatic rings. The van der Waals surface area contributed by atoms with E-state index >= 15 is 0 Å². The van der Waals surface area contributed by atoms with Crippen LogP contribution in [0.25, 0.3) is 0 Å². The summed E-state index contributed by atoms with van der Waals surface area (Å²) < 4.78 is 0. The van der Waals surface area contributed by atoms with Crippen LogP contribution in [0.2, 0.25) is 0 Å². The molecule has 1 aliphatic carbocycles. The third-order valence-electron chi connectivity index (χ3n) is 4.92. The van der Waals surface area contributed by atoms with Crippen molar-refractivity contribution in [2.45, 2.75) is 47.1 Å². The number of nitrogens with zero attached hydrogens (tertiary/aromatic N) is 1. The second kappa shape index (κ2) is 8.40. The molecule has 2 amide bonds. The van der Waals surface area contributed by atoms with Crippen molar-refractivity contribution in [3.63, 3.8) is 0 Å². The van der Waals surface area contributed by atoms with E-state index < -0.39 is 0 Å². The Bertz CT molecular complexity index is 729. The number of nitrogens with one attached hydrogen (secondary N) is 1. The summed E-state index contributed by atoms with van der Waals surface area (Å²) >= 11 is 3.74. The lowest BCUT2D eigenvalue weighted by atomic mass is 10.0. The first-order chi connectivity index (χ1) is 12.8. The zero-order valence-electron chi connectivity index (χ0n) is 14.8. The average Bonchev–Trinajstić information content (AvgIpc) is 2.70. The Morgan fingerprint density at radius 3 is 2.27 bits per heavy atom. The van der Waals surface area contributed by atoms with Gasteiger partial charge in [0, 0.05) is 27.3 Å². The summed E-state index contributed by atoms with van der Waals surface area (Å²) in [4.78, 5) is 17.0. The molecule has 1 saturated carbocycles. The van der Waals surface area contributed by atoms with Crippen LogP contribution >= 0.6 is 23.5 Å². The van der Waals surface area contributed by atoms with Gasteiger partial charge < -0.3 is 5.32 Å². The summed E-state index contributed by atoms with van der Waals surface area (Å²) in [5.74, 6) is 0.988. The van der Waals surface area contributed by atoms with Crippen molar-refractivity contribution in [1.82, 2.24) is 5.32 Å². The minimum atomic E-state index is -0.0329. The van der Waals surface area contributed by atoms with Gasteiger partial charge in [-0.2, -0.15) is 11.8 Å². The molecule has 26 heavy (non-hydrogen) atoms. The minimum absolute atomic E-state index is 0.0329. The van der Waals surface area contributed by atoms with E-state index in [1.165, 1.54) is 32.1 Å². The van der Waals surface area contributed by atoms with Crippen LogP contribution in [-0.4, -0.2) is 23.6 Å². The standard InChI is InChI=1S/C21H24N2OS2/c24-21(22-14-15-25-16-8-2-1-3-9-16)23-17-10-4-6-12-19(17)26-20-13-7-5-11-18(20)23/h4-7,10-13,16H,1-3,8-9,14-15H2,(H,22,24). The zero-order chi connectivity index (χ0) is 17.8. The molecular formula is C21H24N2OS2. The quantitative estimate of drug-likeness (QED) is 0.650. The average molecular weight is 385 g/mol. The van der Waals surface area contributed by atoms with E-state index in [1.54, 1.807) is 11.8 Å². The number of carbonyl (C=O) groups is 1. The molecule has 1 aliphatic heterocycles. The second-order valence-corrected chi connectivity index (χ2v) is 9.23. The number of fused-ring (bicyclic) bond motifs is 2. The van der Waals surface area contributed by atoms with Gasteiger partial charge in [0.25, 0.3) is 0 Å². The summed E-state index contributed by atoms with van der Waals surface area (Å²) in [6, 6.07) is 16.2. The third-order valence-corrected chi connectivity index (χ3v) is 7.43. The molecule has 1 fully saturated rings. The molecule has 3 nitrogen and oxygen atoms in total. The lowest BCUT2D eigenvalue weighted by molar-refractivity contribution is 0.249. The normalized spacial score (nSPS) is 16.7. The highest BCUT2D eigenvalue weighted by atomic mass is 32.2. The van der Waals surface area contributed by atoms with Gasteiger partial charge in [0.15, 0.2) is 0 Å². The molecule has 0 bridgehead atoms. The fraction of sp³-hybridized carbons (Fsp3) is 0.381. The molecule has 0 spiro atoms. The fourth-order valence-electron chi connectivity index (χ4n) is 3.62. The zero-order valence-corrected chi connectivity index (χ0v) is 16.5. The highest BCUT2D eigenvalue weighted by Gasteiger charge is 2.27. The van der Waals surface area contributed by atoms with E-state index in [4.69, 9.17) is 0 Å². The van der Waals surface area contributed by atoms with Crippen molar-refractivity contribution in [1.29, 1.82) is 0 Å². The minimum Gasteiger partial charge on any atom is -0.337 e. The summed E-state index contributed by atoms with van der Waals surface area (Å²) in [6.07, 6.45) is 6.79. The predicted molar refractivity (Wildman–Crippen MR) is 112 cm³/mol. The van der Waals surface area contributed by atoms with Gasteiger partial charge in [-0.1, -0.05) is 55.3 Å². The summed E-state index contributed by atoms with van der Waals surface area (Å²) in [6.45, 7) is 0.716. The molecule has 136 valence electrons. The number of hydrogen-bond acceptors (Lipinski definition) is 3. The van der Waals surface area contributed by atoms with E-state index in [1.807, 2.05) is 53.1 Å². The van der Waals surface area contributed by atoms with Crippen molar-refractivity contribution in [3.8, 4) is 0 Å². The van der Waals surface area contributed by atoms with Crippen molar-refractivity contribution < 1.29 is 4.79 Å². The molecular weight excluding hydrogens is 360 g/mol. The van der Waals surface area contributed by atoms with Crippen molar-refractivity contribution in [2.75, 3.05) is 17.2 Å². The molecule has 0 aromatic heterocycles. The molecule has 1 heterocycles. The van der Waals surface area contributed by atoms with Gasteiger partial charge in [0.1, 0.15) is 0 Å². The molecule has 0 radical (unpaired) electrons. The highest BCUT2D eigenvalue weighted by molar-refractivity contribution is 8.00. The smallest absolute Gasteiger partial charge is 0.326 e. The molecule has 5 heteroatoms. The van der Waals surface area contributed by atoms with Crippen molar-refractivity contribution in [2.24, 2.45) is 0 Å². The largest absolute Gasteiger partial charge is 0.337 e. The maximum atomic E-state index is 13.0. The van der Waals surface area contributed by atoms with Gasteiger partial charge in [-0.15, -0.1) is 0 Å². The van der Waals surface area contributed by atoms with Crippen molar-refractivity contribution >= 4 is 40.9 Å². The third kappa shape index (κ3) is 3.89. The van der Waals surface area contributed by atoms with Gasteiger partial charge in [0.2, 0.25) is 0 Å². The van der Waals surface area contributed by atoms with E-state index in [2.05, 4.69) is 17.4 Å². The van der Waals surface area contributed by atoms with E-state index in [0.717, 1.165) is 32.2 Å². The first-order valence-corrected chi connectivity index (χ1v) is 11.2. The molecule has 0 atom stereocenters. The van der Waals surface area contributed by atoms with Crippen LogP contribution in [-0.2, 0) is 0 Å². The summed E-state index contributed by atoms with van der Waals surface area (Å²) in [5, 5.41) is 3.92. The van der Waals surface area contributed by atoms with Crippen LogP contribution in [0.1, 0.15) is 32.1 Å². The number of benzene rings is 2. The van der Waals surface area contributed by atoms with E-state index in [-0.39, 0.29) is 6.03 Å². The number of carbonyl (C=O) groups excluding carboxylic acids is 1. The Hall–Kier alpha value is -1.59. The first-order valence-electron chi connectivity index (χ1n) is 9.38. The Kier molecular flexibility index (Phi) is 5.75. The SMILES string of the molecule is O=C(NCCSC1CCCCC1)N1c2ccccc2Sc2ccccc21. The van der Waals surface area contributed by atoms with Crippen LogP contribution in [0.4, 0.5) is 16.2 Å². The number of hydrogen-bond donors (Lipinski definition) is 1. The summed E-state index contributed by atoms with van der Waals surface area (Å²) in [5.41, 5.74) is 1.93. The van der Waals surface area contributed by atoms with Crippen LogP contribution in [0, 0.1) is 0 Å². The molecule has 2 aromatic rings. The topological polar surface area (TPSA) is 32.3 Å². The maximum Gasteiger partial charge on any atom is 0.326 e. The Morgan fingerprint density at radius 1 is 1.00 bits per heavy atom. The van der Waals surface area contributed by atoms with E-state index in [9.17, 15) is 4.79 Å². The van der Waals surface area contributed by atoms with Crippen LogP contribution in [0.15, 0.2) is 58.3 Å². The predicted octanol–water partition coefficient (Wildman–Crippen LogP) is 6.06. The second-order valence-electron chi connectivity index (χ2n) is 6.74. The fourth-order valence-corrected chi connectivity index (χ4v) is 5.90. The summed E-state index contributed by atoms with van der Waals surface area (Å²) in [7, 11) is 0. The van der Waals surface area contributed by atoms with Crippen LogP contribution < -0.4 is 10.2 Å². The number of anilines is 2. The van der Waals surface area contributed by atoms with Gasteiger partial charge in [-0.25, -0.2) is 4.79 Å². The Labute approximate surface area is 163 Å². The molecule has 4 rings (SSSR count).